The Morgan fingerprint density at radius 3 is 2.52 bits per heavy atom. The van der Waals surface area contributed by atoms with Gasteiger partial charge in [-0.05, 0) is 23.4 Å². The number of phenols is 1. The zero-order valence-corrected chi connectivity index (χ0v) is 14.0. The van der Waals surface area contributed by atoms with E-state index in [1.54, 1.807) is 7.05 Å². The van der Waals surface area contributed by atoms with Crippen molar-refractivity contribution in [3.63, 3.8) is 0 Å². The smallest absolute Gasteiger partial charge is 0.122 e. The molecule has 2 aromatic rings. The van der Waals surface area contributed by atoms with Crippen LogP contribution in [0, 0.1) is 6.92 Å². The fourth-order valence-corrected chi connectivity index (χ4v) is 3.91. The number of benzene rings is 2. The average Bonchev–Trinajstić information content (AvgIpc) is 2.44. The molecule has 2 nitrogen and oxygen atoms in total. The van der Waals surface area contributed by atoms with Gasteiger partial charge in [0.25, 0.3) is 0 Å². The maximum atomic E-state index is 10.4. The molecular weight excluding hydrogens is 277 g/mol. The minimum atomic E-state index is -0.117. The highest BCUT2D eigenvalue weighted by atomic mass is 31.1. The van der Waals surface area contributed by atoms with E-state index in [-0.39, 0.29) is 5.16 Å². The average molecular weight is 299 g/mol. The predicted octanol–water partition coefficient (Wildman–Crippen LogP) is 3.99. The molecular formula is C18H22NOP. The molecule has 0 saturated carbocycles. The minimum Gasteiger partial charge on any atom is -0.507 e. The third-order valence-corrected chi connectivity index (χ3v) is 5.21. The molecule has 110 valence electrons. The van der Waals surface area contributed by atoms with Gasteiger partial charge in [-0.15, -0.1) is 0 Å². The van der Waals surface area contributed by atoms with E-state index < -0.39 is 0 Å². The Morgan fingerprint density at radius 2 is 1.81 bits per heavy atom. The zero-order valence-electron chi connectivity index (χ0n) is 13.0. The molecule has 0 amide bonds. The maximum absolute atomic E-state index is 10.4. The second-order valence-electron chi connectivity index (χ2n) is 5.70. The first-order valence-electron chi connectivity index (χ1n) is 7.04. The molecule has 0 spiro atoms. The van der Waals surface area contributed by atoms with Gasteiger partial charge in [-0.25, -0.2) is 0 Å². The Morgan fingerprint density at radius 1 is 1.10 bits per heavy atom. The molecule has 0 radical (unpaired) electrons. The first kappa shape index (κ1) is 15.7. The molecule has 0 bridgehead atoms. The van der Waals surface area contributed by atoms with Gasteiger partial charge in [0.2, 0.25) is 0 Å². The summed E-state index contributed by atoms with van der Waals surface area (Å²) < 4.78 is 0. The summed E-state index contributed by atoms with van der Waals surface area (Å²) in [6.07, 6.45) is 1.90. The standard InChI is InChI=1S/C18H22NOP/c1-13-8-7-10-15(17(13)20)18(2,3)21-16-11-6-5-9-14(16)12-19-4/h5-12,20-21H,1-4H3. The maximum Gasteiger partial charge on any atom is 0.122 e. The number of rotatable bonds is 4. The van der Waals surface area contributed by atoms with Gasteiger partial charge in [0.05, 0.1) is 0 Å². The van der Waals surface area contributed by atoms with Crippen LogP contribution in [0.2, 0.25) is 0 Å². The van der Waals surface area contributed by atoms with Crippen molar-refractivity contribution in [3.05, 3.63) is 59.2 Å². The summed E-state index contributed by atoms with van der Waals surface area (Å²) in [7, 11) is 2.35. The van der Waals surface area contributed by atoms with Gasteiger partial charge in [-0.1, -0.05) is 64.9 Å². The number of aliphatic imine (C=N–C) groups is 1. The number of aromatic hydroxyl groups is 1. The number of para-hydroxylation sites is 1. The van der Waals surface area contributed by atoms with E-state index >= 15 is 0 Å². The molecule has 1 N–H and O–H groups in total. The van der Waals surface area contributed by atoms with Gasteiger partial charge >= 0.3 is 0 Å². The van der Waals surface area contributed by atoms with Gasteiger partial charge in [0.1, 0.15) is 5.75 Å². The second kappa shape index (κ2) is 6.41. The van der Waals surface area contributed by atoms with Crippen LogP contribution in [0.5, 0.6) is 5.75 Å². The van der Waals surface area contributed by atoms with E-state index in [1.807, 2.05) is 37.4 Å². The fourth-order valence-electron chi connectivity index (χ4n) is 2.43. The van der Waals surface area contributed by atoms with Crippen molar-refractivity contribution in [2.75, 3.05) is 7.05 Å². The lowest BCUT2D eigenvalue weighted by molar-refractivity contribution is 0.457. The number of hydrogen-bond donors (Lipinski definition) is 1. The van der Waals surface area contributed by atoms with Gasteiger partial charge in [0, 0.05) is 24.0 Å². The molecule has 0 aromatic heterocycles. The minimum absolute atomic E-state index is 0.117. The molecule has 0 aliphatic rings. The normalized spacial score (nSPS) is 12.6. The lowest BCUT2D eigenvalue weighted by Gasteiger charge is -2.27. The summed E-state index contributed by atoms with van der Waals surface area (Å²) in [6, 6.07) is 14.3. The third-order valence-electron chi connectivity index (χ3n) is 3.59. The van der Waals surface area contributed by atoms with Crippen molar-refractivity contribution in [2.45, 2.75) is 25.9 Å². The summed E-state index contributed by atoms with van der Waals surface area (Å²) in [5, 5.41) is 11.5. The summed E-state index contributed by atoms with van der Waals surface area (Å²) in [5.41, 5.74) is 3.08. The molecule has 1 atom stereocenters. The Balaban J connectivity index is 2.40. The molecule has 0 aliphatic heterocycles. The molecule has 0 heterocycles. The van der Waals surface area contributed by atoms with E-state index in [9.17, 15) is 5.11 Å². The summed E-state index contributed by atoms with van der Waals surface area (Å²) >= 11 is 0. The predicted molar refractivity (Wildman–Crippen MR) is 93.8 cm³/mol. The lowest BCUT2D eigenvalue weighted by Crippen LogP contribution is -2.17. The molecule has 3 heteroatoms. The monoisotopic (exact) mass is 299 g/mol. The Kier molecular flexibility index (Phi) is 4.80. The van der Waals surface area contributed by atoms with Crippen LogP contribution < -0.4 is 5.30 Å². The first-order chi connectivity index (χ1) is 9.95. The van der Waals surface area contributed by atoms with E-state index in [4.69, 9.17) is 0 Å². The molecule has 2 rings (SSSR count). The van der Waals surface area contributed by atoms with Crippen molar-refractivity contribution in [1.82, 2.24) is 0 Å². The van der Waals surface area contributed by atoms with Crippen LogP contribution in [0.25, 0.3) is 0 Å². The van der Waals surface area contributed by atoms with Crippen molar-refractivity contribution in [3.8, 4) is 5.75 Å². The van der Waals surface area contributed by atoms with Crippen molar-refractivity contribution < 1.29 is 5.11 Å². The highest BCUT2D eigenvalue weighted by Crippen LogP contribution is 2.45. The molecule has 21 heavy (non-hydrogen) atoms. The summed E-state index contributed by atoms with van der Waals surface area (Å²) in [6.45, 7) is 6.30. The summed E-state index contributed by atoms with van der Waals surface area (Å²) in [5.74, 6) is 0.414. The van der Waals surface area contributed by atoms with Crippen LogP contribution in [-0.4, -0.2) is 18.4 Å². The molecule has 0 saturated heterocycles. The van der Waals surface area contributed by atoms with Gasteiger partial charge in [-0.2, -0.15) is 0 Å². The molecule has 1 unspecified atom stereocenters. The third kappa shape index (κ3) is 3.51. The van der Waals surface area contributed by atoms with E-state index in [0.717, 1.165) is 16.7 Å². The van der Waals surface area contributed by atoms with Crippen molar-refractivity contribution in [2.24, 2.45) is 4.99 Å². The highest BCUT2D eigenvalue weighted by Gasteiger charge is 2.25. The van der Waals surface area contributed by atoms with Gasteiger partial charge in [-0.3, -0.25) is 4.99 Å². The molecule has 0 aliphatic carbocycles. The lowest BCUT2D eigenvalue weighted by atomic mass is 9.99. The van der Waals surface area contributed by atoms with Crippen LogP contribution in [0.3, 0.4) is 0 Å². The second-order valence-corrected chi connectivity index (χ2v) is 7.73. The number of phenolic OH excluding ortho intramolecular Hbond substituents is 1. The van der Waals surface area contributed by atoms with E-state index in [1.165, 1.54) is 5.30 Å². The van der Waals surface area contributed by atoms with Gasteiger partial charge in [0.15, 0.2) is 0 Å². The summed E-state index contributed by atoms with van der Waals surface area (Å²) in [4.78, 5) is 4.13. The zero-order chi connectivity index (χ0) is 15.5. The van der Waals surface area contributed by atoms with Crippen molar-refractivity contribution in [1.29, 1.82) is 0 Å². The first-order valence-corrected chi connectivity index (χ1v) is 8.04. The number of hydrogen-bond acceptors (Lipinski definition) is 2. The van der Waals surface area contributed by atoms with Gasteiger partial charge < -0.3 is 5.11 Å². The van der Waals surface area contributed by atoms with Crippen LogP contribution in [0.15, 0.2) is 47.5 Å². The van der Waals surface area contributed by atoms with Crippen LogP contribution >= 0.6 is 8.58 Å². The van der Waals surface area contributed by atoms with Crippen molar-refractivity contribution >= 4 is 20.1 Å². The Bertz CT molecular complexity index is 662. The molecule has 0 fully saturated rings. The van der Waals surface area contributed by atoms with E-state index in [0.29, 0.717) is 14.3 Å². The quantitative estimate of drug-likeness (QED) is 0.672. The van der Waals surface area contributed by atoms with Crippen LogP contribution in [0.1, 0.15) is 30.5 Å². The van der Waals surface area contributed by atoms with Crippen LogP contribution in [-0.2, 0) is 5.16 Å². The topological polar surface area (TPSA) is 32.6 Å². The molecule has 2 aromatic carbocycles. The fraction of sp³-hybridized carbons (Fsp3) is 0.278. The highest BCUT2D eigenvalue weighted by molar-refractivity contribution is 7.48. The Hall–Kier alpha value is -1.66. The van der Waals surface area contributed by atoms with Crippen LogP contribution in [0.4, 0.5) is 0 Å². The number of aryl methyl sites for hydroxylation is 1. The largest absolute Gasteiger partial charge is 0.507 e. The SMILES string of the molecule is CN=Cc1ccccc1PC(C)(C)c1cccc(C)c1O. The number of nitrogens with zero attached hydrogens (tertiary/aromatic N) is 1. The van der Waals surface area contributed by atoms with E-state index in [2.05, 4.69) is 37.0 Å². The Labute approximate surface area is 128 Å².